The fourth-order valence-corrected chi connectivity index (χ4v) is 2.22. The molecule has 0 fully saturated rings. The normalized spacial score (nSPS) is 15.3. The summed E-state index contributed by atoms with van der Waals surface area (Å²) in [6, 6.07) is 6.54. The van der Waals surface area contributed by atoms with E-state index in [1.54, 1.807) is 31.2 Å². The first-order chi connectivity index (χ1) is 9.54. The molecule has 1 atom stereocenters. The second-order valence-corrected chi connectivity index (χ2v) is 4.44. The molecule has 1 aliphatic rings. The molecule has 0 aliphatic carbocycles. The summed E-state index contributed by atoms with van der Waals surface area (Å²) in [5.74, 6) is -1.83. The van der Waals surface area contributed by atoms with E-state index in [1.807, 2.05) is 0 Å². The van der Waals surface area contributed by atoms with Gasteiger partial charge in [-0.25, -0.2) is 0 Å². The van der Waals surface area contributed by atoms with Crippen LogP contribution in [0.3, 0.4) is 0 Å². The SMILES string of the molecule is CCOC(CC(=O)O)CN1C(=O)c2ccccc2C1=O. The first kappa shape index (κ1) is 14.2. The average molecular weight is 277 g/mol. The Kier molecular flexibility index (Phi) is 4.14. The molecule has 1 unspecified atom stereocenters. The van der Waals surface area contributed by atoms with Gasteiger partial charge in [-0.3, -0.25) is 19.3 Å². The highest BCUT2D eigenvalue weighted by Crippen LogP contribution is 2.23. The summed E-state index contributed by atoms with van der Waals surface area (Å²) in [6.07, 6.45) is -0.943. The van der Waals surface area contributed by atoms with Crippen molar-refractivity contribution < 1.29 is 24.2 Å². The van der Waals surface area contributed by atoms with Crippen molar-refractivity contribution in [2.45, 2.75) is 19.4 Å². The van der Waals surface area contributed by atoms with Crippen molar-refractivity contribution in [2.75, 3.05) is 13.2 Å². The summed E-state index contributed by atoms with van der Waals surface area (Å²) in [6.45, 7) is 2.00. The first-order valence-electron chi connectivity index (χ1n) is 6.33. The molecule has 6 heteroatoms. The molecular weight excluding hydrogens is 262 g/mol. The Bertz CT molecular complexity index is 519. The van der Waals surface area contributed by atoms with Gasteiger partial charge >= 0.3 is 5.97 Å². The molecule has 1 N–H and O–H groups in total. The van der Waals surface area contributed by atoms with Gasteiger partial charge in [0.2, 0.25) is 0 Å². The van der Waals surface area contributed by atoms with E-state index in [9.17, 15) is 14.4 Å². The van der Waals surface area contributed by atoms with Crippen molar-refractivity contribution in [3.8, 4) is 0 Å². The van der Waals surface area contributed by atoms with Gasteiger partial charge in [0.25, 0.3) is 11.8 Å². The number of carbonyl (C=O) groups is 3. The van der Waals surface area contributed by atoms with Crippen molar-refractivity contribution in [3.63, 3.8) is 0 Å². The van der Waals surface area contributed by atoms with Crippen LogP contribution in [0, 0.1) is 0 Å². The Morgan fingerprint density at radius 2 is 1.80 bits per heavy atom. The number of amides is 2. The number of hydrogen-bond acceptors (Lipinski definition) is 4. The van der Waals surface area contributed by atoms with Crippen molar-refractivity contribution in [3.05, 3.63) is 35.4 Å². The van der Waals surface area contributed by atoms with Crippen molar-refractivity contribution in [1.29, 1.82) is 0 Å². The lowest BCUT2D eigenvalue weighted by Gasteiger charge is -2.21. The summed E-state index contributed by atoms with van der Waals surface area (Å²) in [4.78, 5) is 36.1. The minimum absolute atomic E-state index is 0.0491. The number of rotatable bonds is 6. The lowest BCUT2D eigenvalue weighted by atomic mass is 10.1. The van der Waals surface area contributed by atoms with Gasteiger partial charge in [-0.1, -0.05) is 12.1 Å². The summed E-state index contributed by atoms with van der Waals surface area (Å²) in [7, 11) is 0. The van der Waals surface area contributed by atoms with Gasteiger partial charge in [-0.05, 0) is 19.1 Å². The monoisotopic (exact) mass is 277 g/mol. The zero-order valence-corrected chi connectivity index (χ0v) is 11.0. The standard InChI is InChI=1S/C14H15NO5/c1-2-20-9(7-12(16)17)8-15-13(18)10-5-3-4-6-11(10)14(15)19/h3-6,9H,2,7-8H2,1H3,(H,16,17). The average Bonchev–Trinajstić information content (AvgIpc) is 2.64. The fraction of sp³-hybridized carbons (Fsp3) is 0.357. The third kappa shape index (κ3) is 2.70. The van der Waals surface area contributed by atoms with Crippen LogP contribution in [0.4, 0.5) is 0 Å². The van der Waals surface area contributed by atoms with Crippen LogP contribution in [-0.2, 0) is 9.53 Å². The fourth-order valence-electron chi connectivity index (χ4n) is 2.22. The minimum atomic E-state index is -1.03. The molecule has 2 amide bonds. The molecule has 6 nitrogen and oxygen atoms in total. The van der Waals surface area contributed by atoms with Gasteiger partial charge < -0.3 is 9.84 Å². The number of carboxylic acid groups (broad SMARTS) is 1. The van der Waals surface area contributed by atoms with Gasteiger partial charge in [0.15, 0.2) is 0 Å². The Labute approximate surface area is 115 Å². The van der Waals surface area contributed by atoms with E-state index < -0.39 is 23.9 Å². The highest BCUT2D eigenvalue weighted by Gasteiger charge is 2.36. The summed E-state index contributed by atoms with van der Waals surface area (Å²) >= 11 is 0. The van der Waals surface area contributed by atoms with Crippen molar-refractivity contribution in [1.82, 2.24) is 4.90 Å². The van der Waals surface area contributed by atoms with E-state index in [0.29, 0.717) is 17.7 Å². The van der Waals surface area contributed by atoms with Crippen LogP contribution >= 0.6 is 0 Å². The number of fused-ring (bicyclic) bond motifs is 1. The number of carbonyl (C=O) groups excluding carboxylic acids is 2. The second-order valence-electron chi connectivity index (χ2n) is 4.44. The first-order valence-corrected chi connectivity index (χ1v) is 6.33. The zero-order chi connectivity index (χ0) is 14.7. The maximum absolute atomic E-state index is 12.1. The number of ether oxygens (including phenoxy) is 1. The van der Waals surface area contributed by atoms with E-state index in [2.05, 4.69) is 0 Å². The molecule has 106 valence electrons. The molecule has 0 bridgehead atoms. The molecule has 2 rings (SSSR count). The van der Waals surface area contributed by atoms with Crippen LogP contribution in [0.2, 0.25) is 0 Å². The smallest absolute Gasteiger partial charge is 0.306 e. The quantitative estimate of drug-likeness (QED) is 0.789. The summed E-state index contributed by atoms with van der Waals surface area (Å²) in [5, 5.41) is 8.82. The van der Waals surface area contributed by atoms with Gasteiger partial charge in [-0.15, -0.1) is 0 Å². The molecule has 0 radical (unpaired) electrons. The highest BCUT2D eigenvalue weighted by molar-refractivity contribution is 6.21. The van der Waals surface area contributed by atoms with Crippen molar-refractivity contribution >= 4 is 17.8 Å². The lowest BCUT2D eigenvalue weighted by Crippen LogP contribution is -2.39. The van der Waals surface area contributed by atoms with E-state index >= 15 is 0 Å². The van der Waals surface area contributed by atoms with Crippen molar-refractivity contribution in [2.24, 2.45) is 0 Å². The Morgan fingerprint density at radius 1 is 1.25 bits per heavy atom. The highest BCUT2D eigenvalue weighted by atomic mass is 16.5. The topological polar surface area (TPSA) is 83.9 Å². The Balaban J connectivity index is 2.16. The van der Waals surface area contributed by atoms with Crippen LogP contribution in [0.5, 0.6) is 0 Å². The molecule has 20 heavy (non-hydrogen) atoms. The lowest BCUT2D eigenvalue weighted by molar-refractivity contribution is -0.140. The molecule has 0 spiro atoms. The number of imide groups is 1. The molecular formula is C14H15NO5. The maximum Gasteiger partial charge on any atom is 0.306 e. The predicted octanol–water partition coefficient (Wildman–Crippen LogP) is 1.16. The number of hydrogen-bond donors (Lipinski definition) is 1. The molecule has 1 aliphatic heterocycles. The Morgan fingerprint density at radius 3 is 2.25 bits per heavy atom. The van der Waals surface area contributed by atoms with E-state index in [4.69, 9.17) is 9.84 Å². The molecule has 0 saturated heterocycles. The van der Waals surface area contributed by atoms with Crippen LogP contribution < -0.4 is 0 Å². The van der Waals surface area contributed by atoms with Gasteiger partial charge in [0, 0.05) is 6.61 Å². The predicted molar refractivity (Wildman–Crippen MR) is 69.5 cm³/mol. The van der Waals surface area contributed by atoms with E-state index in [0.717, 1.165) is 4.90 Å². The molecule has 0 saturated carbocycles. The van der Waals surface area contributed by atoms with Crippen LogP contribution in [-0.4, -0.2) is 47.0 Å². The molecule has 0 aromatic heterocycles. The third-order valence-corrected chi connectivity index (χ3v) is 3.07. The Hall–Kier alpha value is -2.21. The van der Waals surface area contributed by atoms with Crippen LogP contribution in [0.15, 0.2) is 24.3 Å². The second kappa shape index (κ2) is 5.83. The number of carboxylic acids is 1. The van der Waals surface area contributed by atoms with Crippen LogP contribution in [0.1, 0.15) is 34.1 Å². The van der Waals surface area contributed by atoms with E-state index in [1.165, 1.54) is 0 Å². The number of nitrogens with zero attached hydrogens (tertiary/aromatic N) is 1. The zero-order valence-electron chi connectivity index (χ0n) is 11.0. The number of benzene rings is 1. The molecule has 1 aromatic rings. The third-order valence-electron chi connectivity index (χ3n) is 3.07. The molecule has 1 heterocycles. The summed E-state index contributed by atoms with van der Waals surface area (Å²) in [5.41, 5.74) is 0.700. The van der Waals surface area contributed by atoms with Gasteiger partial charge in [-0.2, -0.15) is 0 Å². The minimum Gasteiger partial charge on any atom is -0.481 e. The van der Waals surface area contributed by atoms with Gasteiger partial charge in [0.05, 0.1) is 30.2 Å². The van der Waals surface area contributed by atoms with Crippen LogP contribution in [0.25, 0.3) is 0 Å². The van der Waals surface area contributed by atoms with Gasteiger partial charge in [0.1, 0.15) is 0 Å². The molecule has 1 aromatic carbocycles. The van der Waals surface area contributed by atoms with E-state index in [-0.39, 0.29) is 13.0 Å². The largest absolute Gasteiger partial charge is 0.481 e. The number of aliphatic carboxylic acids is 1. The maximum atomic E-state index is 12.1. The summed E-state index contributed by atoms with van der Waals surface area (Å²) < 4.78 is 5.28.